The maximum Gasteiger partial charge on any atom is 0.166 e. The molecule has 0 radical (unpaired) electrons. The molecule has 0 aliphatic heterocycles. The number of benzene rings is 2. The number of phenolic OH excluding ortho intramolecular Hbond substituents is 3. The van der Waals surface area contributed by atoms with Crippen LogP contribution in [0.5, 0.6) is 17.2 Å². The Labute approximate surface area is 109 Å². The molecule has 0 fully saturated rings. The zero-order chi connectivity index (χ0) is 14.0. The van der Waals surface area contributed by atoms with Crippen molar-refractivity contribution in [3.63, 3.8) is 0 Å². The molecule has 0 heterocycles. The van der Waals surface area contributed by atoms with Crippen LogP contribution in [0.4, 0.5) is 10.1 Å². The predicted molar refractivity (Wildman–Crippen MR) is 69.9 cm³/mol. The van der Waals surface area contributed by atoms with Gasteiger partial charge in [0.05, 0.1) is 6.04 Å². The average molecular weight is 263 g/mol. The Morgan fingerprint density at radius 2 is 1.74 bits per heavy atom. The summed E-state index contributed by atoms with van der Waals surface area (Å²) >= 11 is 0. The van der Waals surface area contributed by atoms with Gasteiger partial charge in [-0.3, -0.25) is 0 Å². The van der Waals surface area contributed by atoms with E-state index >= 15 is 0 Å². The molecule has 1 atom stereocenters. The lowest BCUT2D eigenvalue weighted by molar-refractivity contribution is 0.432. The van der Waals surface area contributed by atoms with Crippen LogP contribution >= 0.6 is 0 Å². The van der Waals surface area contributed by atoms with Crippen LogP contribution in [0.2, 0.25) is 0 Å². The van der Waals surface area contributed by atoms with Crippen molar-refractivity contribution >= 4 is 5.69 Å². The second-order valence-corrected chi connectivity index (χ2v) is 4.28. The van der Waals surface area contributed by atoms with E-state index in [0.717, 1.165) is 0 Å². The highest BCUT2D eigenvalue weighted by Gasteiger charge is 2.11. The van der Waals surface area contributed by atoms with Gasteiger partial charge in [-0.15, -0.1) is 0 Å². The summed E-state index contributed by atoms with van der Waals surface area (Å²) in [4.78, 5) is 0. The van der Waals surface area contributed by atoms with Crippen molar-refractivity contribution in [3.8, 4) is 17.2 Å². The van der Waals surface area contributed by atoms with Crippen LogP contribution in [0, 0.1) is 5.82 Å². The highest BCUT2D eigenvalue weighted by atomic mass is 19.1. The van der Waals surface area contributed by atoms with Gasteiger partial charge in [-0.1, -0.05) is 0 Å². The lowest BCUT2D eigenvalue weighted by Gasteiger charge is -2.17. The maximum atomic E-state index is 13.2. The van der Waals surface area contributed by atoms with Crippen LogP contribution in [-0.4, -0.2) is 15.3 Å². The van der Waals surface area contributed by atoms with Gasteiger partial charge >= 0.3 is 0 Å². The zero-order valence-electron chi connectivity index (χ0n) is 10.3. The molecule has 0 spiro atoms. The number of hydrogen-bond acceptors (Lipinski definition) is 4. The minimum atomic E-state index is -0.716. The maximum absolute atomic E-state index is 13.2. The quantitative estimate of drug-likeness (QED) is 0.642. The fourth-order valence-corrected chi connectivity index (χ4v) is 1.82. The van der Waals surface area contributed by atoms with E-state index in [0.29, 0.717) is 11.3 Å². The third-order valence-corrected chi connectivity index (χ3v) is 2.81. The molecule has 0 aromatic heterocycles. The van der Waals surface area contributed by atoms with Crippen LogP contribution in [0.25, 0.3) is 0 Å². The molecule has 100 valence electrons. The standard InChI is InChI=1S/C14H14FNO3/c1-8(11-4-3-10(17)7-14(11)19)16-9-2-5-13(18)12(15)6-9/h2-8,16-19H,1H3. The van der Waals surface area contributed by atoms with Gasteiger partial charge in [-0.05, 0) is 31.2 Å². The molecule has 0 saturated heterocycles. The van der Waals surface area contributed by atoms with Crippen molar-refractivity contribution < 1.29 is 19.7 Å². The highest BCUT2D eigenvalue weighted by Crippen LogP contribution is 2.30. The van der Waals surface area contributed by atoms with E-state index in [1.807, 2.05) is 0 Å². The van der Waals surface area contributed by atoms with E-state index in [2.05, 4.69) is 5.32 Å². The summed E-state index contributed by atoms with van der Waals surface area (Å²) in [6, 6.07) is 7.95. The second-order valence-electron chi connectivity index (χ2n) is 4.28. The first-order valence-electron chi connectivity index (χ1n) is 5.74. The van der Waals surface area contributed by atoms with Gasteiger partial charge in [0.15, 0.2) is 11.6 Å². The summed E-state index contributed by atoms with van der Waals surface area (Å²) in [6.07, 6.45) is 0. The number of anilines is 1. The Kier molecular flexibility index (Phi) is 3.46. The monoisotopic (exact) mass is 263 g/mol. The Hall–Kier alpha value is -2.43. The minimum absolute atomic E-state index is 0.0240. The third kappa shape index (κ3) is 2.88. The van der Waals surface area contributed by atoms with Gasteiger partial charge in [-0.2, -0.15) is 0 Å². The molecule has 2 aromatic rings. The number of aromatic hydroxyl groups is 3. The molecule has 5 heteroatoms. The Balaban J connectivity index is 2.20. The molecule has 0 aliphatic carbocycles. The van der Waals surface area contributed by atoms with Crippen molar-refractivity contribution in [2.45, 2.75) is 13.0 Å². The van der Waals surface area contributed by atoms with Crippen LogP contribution in [-0.2, 0) is 0 Å². The molecule has 2 rings (SSSR count). The highest BCUT2D eigenvalue weighted by molar-refractivity contribution is 5.50. The first-order chi connectivity index (χ1) is 8.97. The van der Waals surface area contributed by atoms with Crippen LogP contribution in [0.3, 0.4) is 0 Å². The van der Waals surface area contributed by atoms with Crippen molar-refractivity contribution in [2.75, 3.05) is 5.32 Å². The summed E-state index contributed by atoms with van der Waals surface area (Å²) in [7, 11) is 0. The number of nitrogens with one attached hydrogen (secondary N) is 1. The van der Waals surface area contributed by atoms with E-state index in [9.17, 15) is 14.6 Å². The van der Waals surface area contributed by atoms with E-state index in [1.165, 1.54) is 30.3 Å². The normalized spacial score (nSPS) is 12.1. The molecule has 4 N–H and O–H groups in total. The van der Waals surface area contributed by atoms with E-state index in [4.69, 9.17) is 5.11 Å². The smallest absolute Gasteiger partial charge is 0.166 e. The van der Waals surface area contributed by atoms with Gasteiger partial charge in [-0.25, -0.2) is 4.39 Å². The summed E-state index contributed by atoms with van der Waals surface area (Å²) in [5.74, 6) is -1.19. The Morgan fingerprint density at radius 3 is 2.37 bits per heavy atom. The van der Waals surface area contributed by atoms with Gasteiger partial charge in [0.25, 0.3) is 0 Å². The van der Waals surface area contributed by atoms with Crippen LogP contribution in [0.15, 0.2) is 36.4 Å². The number of rotatable bonds is 3. The topological polar surface area (TPSA) is 72.7 Å². The SMILES string of the molecule is CC(Nc1ccc(O)c(F)c1)c1ccc(O)cc1O. The number of hydrogen-bond donors (Lipinski definition) is 4. The third-order valence-electron chi connectivity index (χ3n) is 2.81. The predicted octanol–water partition coefficient (Wildman–Crippen LogP) is 3.12. The molecular formula is C14H14FNO3. The van der Waals surface area contributed by atoms with Crippen molar-refractivity contribution in [3.05, 3.63) is 47.8 Å². The molecule has 2 aromatic carbocycles. The second kappa shape index (κ2) is 5.06. The molecule has 4 nitrogen and oxygen atoms in total. The number of phenols is 3. The minimum Gasteiger partial charge on any atom is -0.508 e. The van der Waals surface area contributed by atoms with Crippen LogP contribution in [0.1, 0.15) is 18.5 Å². The molecule has 1 unspecified atom stereocenters. The van der Waals surface area contributed by atoms with Gasteiger partial charge in [0, 0.05) is 23.4 Å². The first-order valence-corrected chi connectivity index (χ1v) is 5.74. The lowest BCUT2D eigenvalue weighted by Crippen LogP contribution is -2.06. The summed E-state index contributed by atoms with van der Waals surface area (Å²) in [6.45, 7) is 1.79. The van der Waals surface area contributed by atoms with Gasteiger partial charge < -0.3 is 20.6 Å². The van der Waals surface area contributed by atoms with Crippen LogP contribution < -0.4 is 5.32 Å². The summed E-state index contributed by atoms with van der Waals surface area (Å²) < 4.78 is 13.2. The van der Waals surface area contributed by atoms with E-state index in [1.54, 1.807) is 13.0 Å². The fraction of sp³-hybridized carbons (Fsp3) is 0.143. The summed E-state index contributed by atoms with van der Waals surface area (Å²) in [5.41, 5.74) is 1.06. The molecule has 0 bridgehead atoms. The molecule has 0 amide bonds. The average Bonchev–Trinajstić information content (AvgIpc) is 2.33. The fourth-order valence-electron chi connectivity index (χ4n) is 1.82. The zero-order valence-corrected chi connectivity index (χ0v) is 10.3. The first kappa shape index (κ1) is 13.0. The molecule has 0 aliphatic rings. The molecule has 19 heavy (non-hydrogen) atoms. The molecule has 0 saturated carbocycles. The van der Waals surface area contributed by atoms with E-state index in [-0.39, 0.29) is 17.5 Å². The number of halogens is 1. The largest absolute Gasteiger partial charge is 0.508 e. The lowest BCUT2D eigenvalue weighted by atomic mass is 10.1. The van der Waals surface area contributed by atoms with Gasteiger partial charge in [0.1, 0.15) is 11.5 Å². The Bertz CT molecular complexity index is 601. The van der Waals surface area contributed by atoms with Gasteiger partial charge in [0.2, 0.25) is 0 Å². The van der Waals surface area contributed by atoms with Crippen molar-refractivity contribution in [2.24, 2.45) is 0 Å². The van der Waals surface area contributed by atoms with E-state index < -0.39 is 11.6 Å². The summed E-state index contributed by atoms with van der Waals surface area (Å²) in [5, 5.41) is 31.0. The van der Waals surface area contributed by atoms with Crippen molar-refractivity contribution in [1.29, 1.82) is 0 Å². The molecular weight excluding hydrogens is 249 g/mol. The van der Waals surface area contributed by atoms with Crippen molar-refractivity contribution in [1.82, 2.24) is 0 Å². The Morgan fingerprint density at radius 1 is 1.00 bits per heavy atom.